The fourth-order valence-electron chi connectivity index (χ4n) is 2.31. The molecule has 0 saturated heterocycles. The predicted octanol–water partition coefficient (Wildman–Crippen LogP) is 1.89. The van der Waals surface area contributed by atoms with Crippen molar-refractivity contribution in [2.45, 2.75) is 71.1 Å². The summed E-state index contributed by atoms with van der Waals surface area (Å²) in [4.78, 5) is 15.6. The number of guanidine groups is 1. The lowest BCUT2D eigenvalue weighted by Gasteiger charge is -2.06. The van der Waals surface area contributed by atoms with Gasteiger partial charge in [0.2, 0.25) is 5.91 Å². The Morgan fingerprint density at radius 1 is 0.870 bits per heavy atom. The maximum atomic E-state index is 11.6. The first-order valence-electron chi connectivity index (χ1n) is 9.19. The molecule has 0 heterocycles. The number of hydrogen-bond donors (Lipinski definition) is 4. The molecule has 0 aromatic carbocycles. The van der Waals surface area contributed by atoms with Gasteiger partial charge in [0.15, 0.2) is 5.96 Å². The van der Waals surface area contributed by atoms with Crippen molar-refractivity contribution in [1.29, 1.82) is 0 Å². The third-order valence-corrected chi connectivity index (χ3v) is 3.67. The van der Waals surface area contributed by atoms with Crippen LogP contribution in [0, 0.1) is 0 Å². The molecule has 0 rings (SSSR count). The Morgan fingerprint density at radius 2 is 1.52 bits per heavy atom. The molecule has 0 spiro atoms. The van der Waals surface area contributed by atoms with Crippen LogP contribution in [0.4, 0.5) is 0 Å². The van der Waals surface area contributed by atoms with Crippen molar-refractivity contribution in [3.63, 3.8) is 0 Å². The number of rotatable bonds is 16. The van der Waals surface area contributed by atoms with E-state index in [4.69, 9.17) is 11.5 Å². The highest BCUT2D eigenvalue weighted by molar-refractivity contribution is 5.76. The Labute approximate surface area is 141 Å². The lowest BCUT2D eigenvalue weighted by molar-refractivity contribution is -0.121. The van der Waals surface area contributed by atoms with Crippen molar-refractivity contribution < 1.29 is 4.79 Å². The standard InChI is InChI=1S/C17H37N5O/c1-2-3-4-5-6-7-8-11-16(23)21-14-9-12-20-13-10-15-22-17(18)19/h20H,2-15H2,1H3,(H,21,23)(H4,18,19,22). The summed E-state index contributed by atoms with van der Waals surface area (Å²) >= 11 is 0. The summed E-state index contributed by atoms with van der Waals surface area (Å²) in [6, 6.07) is 0. The number of carbonyl (C=O) groups is 1. The molecule has 0 aromatic rings. The minimum atomic E-state index is 0.147. The molecule has 136 valence electrons. The van der Waals surface area contributed by atoms with Crippen molar-refractivity contribution in [3.05, 3.63) is 0 Å². The van der Waals surface area contributed by atoms with Crippen LogP contribution in [-0.4, -0.2) is 38.0 Å². The van der Waals surface area contributed by atoms with Crippen molar-refractivity contribution in [3.8, 4) is 0 Å². The second-order valence-electron chi connectivity index (χ2n) is 5.98. The average Bonchev–Trinajstić information content (AvgIpc) is 2.52. The normalized spacial score (nSPS) is 10.5. The van der Waals surface area contributed by atoms with Crippen molar-refractivity contribution in [2.24, 2.45) is 16.5 Å². The minimum Gasteiger partial charge on any atom is -0.370 e. The minimum absolute atomic E-state index is 0.147. The largest absolute Gasteiger partial charge is 0.370 e. The second-order valence-corrected chi connectivity index (χ2v) is 5.98. The van der Waals surface area contributed by atoms with E-state index in [1.165, 1.54) is 38.5 Å². The summed E-state index contributed by atoms with van der Waals surface area (Å²) in [5.41, 5.74) is 10.5. The van der Waals surface area contributed by atoms with E-state index in [0.717, 1.165) is 38.9 Å². The van der Waals surface area contributed by atoms with Gasteiger partial charge in [0.1, 0.15) is 0 Å². The van der Waals surface area contributed by atoms with Crippen LogP contribution in [0.5, 0.6) is 0 Å². The first-order chi connectivity index (χ1) is 11.2. The topological polar surface area (TPSA) is 106 Å². The summed E-state index contributed by atoms with van der Waals surface area (Å²) in [5.74, 6) is 0.333. The Kier molecular flexibility index (Phi) is 16.1. The molecule has 0 bridgehead atoms. The molecule has 0 radical (unpaired) electrons. The molecular weight excluding hydrogens is 290 g/mol. The van der Waals surface area contributed by atoms with E-state index in [9.17, 15) is 4.79 Å². The van der Waals surface area contributed by atoms with Gasteiger partial charge in [-0.05, 0) is 32.4 Å². The van der Waals surface area contributed by atoms with Gasteiger partial charge in [-0.3, -0.25) is 9.79 Å². The molecule has 6 heteroatoms. The van der Waals surface area contributed by atoms with Gasteiger partial charge >= 0.3 is 0 Å². The number of aliphatic imine (C=N–C) groups is 1. The van der Waals surface area contributed by atoms with E-state index in [2.05, 4.69) is 22.5 Å². The number of nitrogens with one attached hydrogen (secondary N) is 2. The predicted molar refractivity (Wildman–Crippen MR) is 98.4 cm³/mol. The molecule has 0 aliphatic heterocycles. The Morgan fingerprint density at radius 3 is 2.22 bits per heavy atom. The number of unbranched alkanes of at least 4 members (excludes halogenated alkanes) is 6. The van der Waals surface area contributed by atoms with Gasteiger partial charge in [0.05, 0.1) is 0 Å². The fraction of sp³-hybridized carbons (Fsp3) is 0.882. The molecule has 0 atom stereocenters. The van der Waals surface area contributed by atoms with E-state index >= 15 is 0 Å². The van der Waals surface area contributed by atoms with Gasteiger partial charge in [0, 0.05) is 19.5 Å². The maximum Gasteiger partial charge on any atom is 0.219 e. The van der Waals surface area contributed by atoms with E-state index in [0.29, 0.717) is 13.0 Å². The van der Waals surface area contributed by atoms with Crippen molar-refractivity contribution in [1.82, 2.24) is 10.6 Å². The van der Waals surface area contributed by atoms with Gasteiger partial charge in [-0.1, -0.05) is 45.4 Å². The van der Waals surface area contributed by atoms with E-state index in [1.807, 2.05) is 0 Å². The molecule has 1 amide bonds. The van der Waals surface area contributed by atoms with Crippen LogP contribution < -0.4 is 22.1 Å². The number of nitrogens with zero attached hydrogens (tertiary/aromatic N) is 1. The van der Waals surface area contributed by atoms with E-state index in [1.54, 1.807) is 0 Å². The van der Waals surface area contributed by atoms with Crippen LogP contribution >= 0.6 is 0 Å². The lowest BCUT2D eigenvalue weighted by atomic mass is 10.1. The molecule has 0 fully saturated rings. The van der Waals surface area contributed by atoms with Gasteiger partial charge in [-0.25, -0.2) is 0 Å². The molecule has 0 aromatic heterocycles. The molecule has 23 heavy (non-hydrogen) atoms. The first-order valence-corrected chi connectivity index (χ1v) is 9.19. The van der Waals surface area contributed by atoms with E-state index in [-0.39, 0.29) is 11.9 Å². The lowest BCUT2D eigenvalue weighted by Crippen LogP contribution is -2.27. The smallest absolute Gasteiger partial charge is 0.219 e. The summed E-state index contributed by atoms with van der Waals surface area (Å²) in [6.45, 7) is 5.43. The Balaban J connectivity index is 3.20. The van der Waals surface area contributed by atoms with Crippen LogP contribution in [0.15, 0.2) is 4.99 Å². The van der Waals surface area contributed by atoms with Crippen LogP contribution in [-0.2, 0) is 4.79 Å². The number of nitrogens with two attached hydrogens (primary N) is 2. The third-order valence-electron chi connectivity index (χ3n) is 3.67. The van der Waals surface area contributed by atoms with Gasteiger partial charge in [0.25, 0.3) is 0 Å². The van der Waals surface area contributed by atoms with Crippen LogP contribution in [0.2, 0.25) is 0 Å². The maximum absolute atomic E-state index is 11.6. The summed E-state index contributed by atoms with van der Waals surface area (Å²) in [6.07, 6.45) is 11.3. The first kappa shape index (κ1) is 21.7. The van der Waals surface area contributed by atoms with Crippen LogP contribution in [0.3, 0.4) is 0 Å². The van der Waals surface area contributed by atoms with Gasteiger partial charge < -0.3 is 22.1 Å². The number of carbonyl (C=O) groups excluding carboxylic acids is 1. The molecule has 6 N–H and O–H groups in total. The third kappa shape index (κ3) is 18.7. The molecule has 0 aliphatic rings. The fourth-order valence-corrected chi connectivity index (χ4v) is 2.31. The van der Waals surface area contributed by atoms with Gasteiger partial charge in [-0.15, -0.1) is 0 Å². The zero-order chi connectivity index (χ0) is 17.2. The highest BCUT2D eigenvalue weighted by Gasteiger charge is 2.00. The molecule has 0 saturated carbocycles. The van der Waals surface area contributed by atoms with E-state index < -0.39 is 0 Å². The molecule has 0 aliphatic carbocycles. The average molecular weight is 328 g/mol. The van der Waals surface area contributed by atoms with Crippen LogP contribution in [0.1, 0.15) is 71.1 Å². The number of hydrogen-bond acceptors (Lipinski definition) is 3. The van der Waals surface area contributed by atoms with Crippen molar-refractivity contribution >= 4 is 11.9 Å². The zero-order valence-corrected chi connectivity index (χ0v) is 14.9. The summed E-state index contributed by atoms with van der Waals surface area (Å²) in [5, 5.41) is 6.28. The summed E-state index contributed by atoms with van der Waals surface area (Å²) < 4.78 is 0. The Bertz CT molecular complexity index is 303. The molecular formula is C17H37N5O. The quantitative estimate of drug-likeness (QED) is 0.197. The zero-order valence-electron chi connectivity index (χ0n) is 14.9. The second kappa shape index (κ2) is 17.1. The van der Waals surface area contributed by atoms with Gasteiger partial charge in [-0.2, -0.15) is 0 Å². The number of amides is 1. The molecule has 0 unspecified atom stereocenters. The SMILES string of the molecule is CCCCCCCCCC(=O)NCCCNCCCN=C(N)N. The summed E-state index contributed by atoms with van der Waals surface area (Å²) in [7, 11) is 0. The highest BCUT2D eigenvalue weighted by Crippen LogP contribution is 2.08. The highest BCUT2D eigenvalue weighted by atomic mass is 16.1. The van der Waals surface area contributed by atoms with Crippen molar-refractivity contribution in [2.75, 3.05) is 26.2 Å². The molecule has 6 nitrogen and oxygen atoms in total. The monoisotopic (exact) mass is 327 g/mol. The van der Waals surface area contributed by atoms with Crippen LogP contribution in [0.25, 0.3) is 0 Å². The Hall–Kier alpha value is -1.30.